The Labute approximate surface area is 183 Å². The number of benzene rings is 1. The van der Waals surface area contributed by atoms with E-state index in [9.17, 15) is 14.7 Å². The second kappa shape index (κ2) is 11.3. The first-order valence-corrected chi connectivity index (χ1v) is 11.6. The Balaban J connectivity index is 1.88. The molecule has 3 rings (SSSR count). The number of hydrogen-bond donors (Lipinski definition) is 2. The average molecular weight is 430 g/mol. The monoisotopic (exact) mass is 429 g/mol. The third kappa shape index (κ3) is 6.29. The van der Waals surface area contributed by atoms with Gasteiger partial charge in [0.05, 0.1) is 23.6 Å². The number of nitrogen functional groups attached to an aromatic ring is 1. The molecule has 2 aromatic rings. The second-order valence-corrected chi connectivity index (χ2v) is 8.58. The SMILES string of the molecule is CCCCCCCCc1cc(CCC(=O)O)c2c(=O)n(CC3CCCO3)c(N)nc2c1. The van der Waals surface area contributed by atoms with Gasteiger partial charge in [0.1, 0.15) is 0 Å². The number of aromatic nitrogens is 2. The smallest absolute Gasteiger partial charge is 0.303 e. The Hall–Kier alpha value is -2.41. The number of ether oxygens (including phenoxy) is 1. The van der Waals surface area contributed by atoms with E-state index in [1.165, 1.54) is 36.7 Å². The topological polar surface area (TPSA) is 107 Å². The van der Waals surface area contributed by atoms with Crippen LogP contribution in [0.4, 0.5) is 5.95 Å². The third-order valence-corrected chi connectivity index (χ3v) is 6.07. The van der Waals surface area contributed by atoms with E-state index in [0.717, 1.165) is 36.8 Å². The molecule has 170 valence electrons. The summed E-state index contributed by atoms with van der Waals surface area (Å²) >= 11 is 0. The van der Waals surface area contributed by atoms with Crippen molar-refractivity contribution in [1.29, 1.82) is 0 Å². The van der Waals surface area contributed by atoms with Crippen molar-refractivity contribution in [3.63, 3.8) is 0 Å². The summed E-state index contributed by atoms with van der Waals surface area (Å²) in [6.07, 6.45) is 10.2. The Morgan fingerprint density at radius 2 is 2.00 bits per heavy atom. The van der Waals surface area contributed by atoms with Gasteiger partial charge in [-0.05, 0) is 49.3 Å². The molecular weight excluding hydrogens is 394 g/mol. The lowest BCUT2D eigenvalue weighted by atomic mass is 9.97. The van der Waals surface area contributed by atoms with E-state index in [4.69, 9.17) is 10.5 Å². The normalized spacial score (nSPS) is 16.2. The quantitative estimate of drug-likeness (QED) is 0.492. The zero-order valence-corrected chi connectivity index (χ0v) is 18.6. The third-order valence-electron chi connectivity index (χ3n) is 6.07. The summed E-state index contributed by atoms with van der Waals surface area (Å²) in [7, 11) is 0. The minimum Gasteiger partial charge on any atom is -0.481 e. The van der Waals surface area contributed by atoms with E-state index in [-0.39, 0.29) is 24.0 Å². The first-order chi connectivity index (χ1) is 15.0. The minimum atomic E-state index is -0.877. The molecule has 1 aliphatic rings. The maximum absolute atomic E-state index is 13.3. The van der Waals surface area contributed by atoms with Crippen molar-refractivity contribution in [3.8, 4) is 0 Å². The summed E-state index contributed by atoms with van der Waals surface area (Å²) in [6, 6.07) is 3.94. The van der Waals surface area contributed by atoms with E-state index >= 15 is 0 Å². The van der Waals surface area contributed by atoms with Gasteiger partial charge in [0.25, 0.3) is 5.56 Å². The van der Waals surface area contributed by atoms with E-state index in [1.54, 1.807) is 0 Å². The van der Waals surface area contributed by atoms with Crippen LogP contribution in [0.1, 0.15) is 75.8 Å². The number of nitrogens with zero attached hydrogens (tertiary/aromatic N) is 2. The molecule has 1 fully saturated rings. The van der Waals surface area contributed by atoms with Crippen LogP contribution in [0.25, 0.3) is 10.9 Å². The van der Waals surface area contributed by atoms with Crippen molar-refractivity contribution >= 4 is 22.8 Å². The Morgan fingerprint density at radius 3 is 2.71 bits per heavy atom. The van der Waals surface area contributed by atoms with Crippen LogP contribution >= 0.6 is 0 Å². The molecule has 0 radical (unpaired) electrons. The second-order valence-electron chi connectivity index (χ2n) is 8.58. The van der Waals surface area contributed by atoms with Gasteiger partial charge < -0.3 is 15.6 Å². The molecule has 1 unspecified atom stereocenters. The molecular formula is C24H35N3O4. The van der Waals surface area contributed by atoms with Gasteiger partial charge in [0.2, 0.25) is 5.95 Å². The molecule has 1 aromatic heterocycles. The Bertz CT molecular complexity index is 948. The number of aryl methyl sites for hydroxylation is 2. The lowest BCUT2D eigenvalue weighted by molar-refractivity contribution is -0.136. The average Bonchev–Trinajstić information content (AvgIpc) is 3.25. The van der Waals surface area contributed by atoms with Gasteiger partial charge in [-0.25, -0.2) is 4.98 Å². The fourth-order valence-corrected chi connectivity index (χ4v) is 4.37. The van der Waals surface area contributed by atoms with Crippen molar-refractivity contribution in [3.05, 3.63) is 33.6 Å². The number of carboxylic acid groups (broad SMARTS) is 1. The number of hydrogen-bond acceptors (Lipinski definition) is 5. The standard InChI is InChI=1S/C24H35N3O4/c1-2-3-4-5-6-7-9-17-14-18(11-12-21(28)29)22-20(15-17)26-24(25)27(23(22)30)16-19-10-8-13-31-19/h14-15,19H,2-13,16H2,1H3,(H2,25,26)(H,28,29). The van der Waals surface area contributed by atoms with Crippen molar-refractivity contribution < 1.29 is 14.6 Å². The van der Waals surface area contributed by atoms with Crippen molar-refractivity contribution in [2.75, 3.05) is 12.3 Å². The summed E-state index contributed by atoms with van der Waals surface area (Å²) in [6.45, 7) is 3.29. The molecule has 0 bridgehead atoms. The van der Waals surface area contributed by atoms with Crippen LogP contribution in [0.2, 0.25) is 0 Å². The summed E-state index contributed by atoms with van der Waals surface area (Å²) in [5.41, 5.74) is 8.36. The summed E-state index contributed by atoms with van der Waals surface area (Å²) < 4.78 is 7.15. The maximum atomic E-state index is 13.3. The van der Waals surface area contributed by atoms with E-state index in [1.807, 2.05) is 12.1 Å². The van der Waals surface area contributed by atoms with Gasteiger partial charge in [-0.15, -0.1) is 0 Å². The lowest BCUT2D eigenvalue weighted by Gasteiger charge is -2.16. The first-order valence-electron chi connectivity index (χ1n) is 11.6. The van der Waals surface area contributed by atoms with Crippen LogP contribution in [0.3, 0.4) is 0 Å². The van der Waals surface area contributed by atoms with Crippen molar-refractivity contribution in [2.45, 2.75) is 90.2 Å². The van der Waals surface area contributed by atoms with Gasteiger partial charge in [-0.1, -0.05) is 45.1 Å². The molecule has 1 atom stereocenters. The lowest BCUT2D eigenvalue weighted by Crippen LogP contribution is -2.30. The fraction of sp³-hybridized carbons (Fsp3) is 0.625. The molecule has 0 spiro atoms. The Kier molecular flexibility index (Phi) is 8.46. The molecule has 0 aliphatic carbocycles. The van der Waals surface area contributed by atoms with Crippen molar-refractivity contribution in [2.24, 2.45) is 0 Å². The first kappa shape index (κ1) is 23.3. The van der Waals surface area contributed by atoms with Crippen LogP contribution in [0, 0.1) is 0 Å². The molecule has 2 heterocycles. The number of nitrogens with two attached hydrogens (primary N) is 1. The predicted octanol–water partition coefficient (Wildman–Crippen LogP) is 4.08. The zero-order chi connectivity index (χ0) is 22.2. The molecule has 7 nitrogen and oxygen atoms in total. The summed E-state index contributed by atoms with van der Waals surface area (Å²) in [4.78, 5) is 29.0. The highest BCUT2D eigenvalue weighted by Gasteiger charge is 2.20. The van der Waals surface area contributed by atoms with Crippen LogP contribution < -0.4 is 11.3 Å². The minimum absolute atomic E-state index is 0.0227. The van der Waals surface area contributed by atoms with Crippen LogP contribution in [0.5, 0.6) is 0 Å². The van der Waals surface area contributed by atoms with Gasteiger partial charge in [0, 0.05) is 13.0 Å². The highest BCUT2D eigenvalue weighted by Crippen LogP contribution is 2.22. The zero-order valence-electron chi connectivity index (χ0n) is 18.6. The van der Waals surface area contributed by atoms with Gasteiger partial charge in [-0.2, -0.15) is 0 Å². The number of carboxylic acids is 1. The highest BCUT2D eigenvalue weighted by molar-refractivity contribution is 5.83. The fourth-order valence-electron chi connectivity index (χ4n) is 4.37. The van der Waals surface area contributed by atoms with Crippen LogP contribution in [0.15, 0.2) is 16.9 Å². The molecule has 1 saturated heterocycles. The summed E-state index contributed by atoms with van der Waals surface area (Å²) in [5.74, 6) is -0.688. The predicted molar refractivity (Wildman–Crippen MR) is 122 cm³/mol. The number of aliphatic carboxylic acids is 1. The van der Waals surface area contributed by atoms with Crippen LogP contribution in [-0.4, -0.2) is 33.3 Å². The van der Waals surface area contributed by atoms with Gasteiger partial charge in [0.15, 0.2) is 0 Å². The number of fused-ring (bicyclic) bond motifs is 1. The number of rotatable bonds is 12. The number of unbranched alkanes of at least 4 members (excludes halogenated alkanes) is 5. The van der Waals surface area contributed by atoms with Gasteiger partial charge >= 0.3 is 5.97 Å². The van der Waals surface area contributed by atoms with Crippen molar-refractivity contribution in [1.82, 2.24) is 9.55 Å². The molecule has 7 heteroatoms. The Morgan fingerprint density at radius 1 is 1.23 bits per heavy atom. The maximum Gasteiger partial charge on any atom is 0.303 e. The van der Waals surface area contributed by atoms with E-state index in [2.05, 4.69) is 11.9 Å². The number of anilines is 1. The molecule has 1 aromatic carbocycles. The van der Waals surface area contributed by atoms with E-state index in [0.29, 0.717) is 30.5 Å². The highest BCUT2D eigenvalue weighted by atomic mass is 16.5. The summed E-state index contributed by atoms with van der Waals surface area (Å²) in [5, 5.41) is 9.67. The van der Waals surface area contributed by atoms with Gasteiger partial charge in [-0.3, -0.25) is 14.2 Å². The molecule has 31 heavy (non-hydrogen) atoms. The number of carbonyl (C=O) groups is 1. The molecule has 0 saturated carbocycles. The van der Waals surface area contributed by atoms with E-state index < -0.39 is 5.97 Å². The molecule has 0 amide bonds. The van der Waals surface area contributed by atoms with Crippen LogP contribution in [-0.2, 0) is 28.9 Å². The largest absolute Gasteiger partial charge is 0.481 e. The molecule has 1 aliphatic heterocycles. The molecule has 3 N–H and O–H groups in total.